The predicted octanol–water partition coefficient (Wildman–Crippen LogP) is 6.11. The van der Waals surface area contributed by atoms with E-state index in [9.17, 15) is 0 Å². The largest absolute Gasteiger partial charge is 0.362 e. The third-order valence-corrected chi connectivity index (χ3v) is 6.89. The molecule has 0 saturated carbocycles. The number of aryl methyl sites for hydroxylation is 2. The summed E-state index contributed by atoms with van der Waals surface area (Å²) in [5.41, 5.74) is 9.02. The first kappa shape index (κ1) is 19.5. The van der Waals surface area contributed by atoms with Crippen molar-refractivity contribution in [3.8, 4) is 0 Å². The number of halogens is 1. The van der Waals surface area contributed by atoms with Crippen LogP contribution in [0.5, 0.6) is 0 Å². The highest BCUT2D eigenvalue weighted by Gasteiger charge is 2.26. The van der Waals surface area contributed by atoms with Crippen molar-refractivity contribution in [3.05, 3.63) is 105 Å². The van der Waals surface area contributed by atoms with Crippen LogP contribution in [0.4, 0.5) is 0 Å². The van der Waals surface area contributed by atoms with Gasteiger partial charge in [0.1, 0.15) is 4.99 Å². The number of benzene rings is 2. The van der Waals surface area contributed by atoms with Gasteiger partial charge < -0.3 is 4.90 Å². The van der Waals surface area contributed by atoms with Gasteiger partial charge in [-0.15, -0.1) is 0 Å². The van der Waals surface area contributed by atoms with Crippen LogP contribution in [0.1, 0.15) is 40.8 Å². The molecule has 150 valence electrons. The van der Waals surface area contributed by atoms with Crippen molar-refractivity contribution in [1.82, 2.24) is 9.88 Å². The first-order valence-electron chi connectivity index (χ1n) is 10.5. The average molecular weight is 431 g/mol. The second-order valence-corrected chi connectivity index (χ2v) is 8.77. The number of aromatic nitrogens is 1. The highest BCUT2D eigenvalue weighted by molar-refractivity contribution is 7.80. The molecule has 3 aromatic rings. The highest BCUT2D eigenvalue weighted by Crippen LogP contribution is 2.38. The molecule has 0 N–H and O–H groups in total. The molecule has 2 nitrogen and oxygen atoms in total. The van der Waals surface area contributed by atoms with Crippen LogP contribution in [0.3, 0.4) is 0 Å². The molecule has 0 atom stereocenters. The molecule has 1 aromatic heterocycles. The zero-order valence-corrected chi connectivity index (χ0v) is 18.3. The summed E-state index contributed by atoms with van der Waals surface area (Å²) in [5, 5.41) is 0.806. The number of hydrogen-bond acceptors (Lipinski definition) is 2. The van der Waals surface area contributed by atoms with E-state index in [2.05, 4.69) is 47.4 Å². The standard InChI is InChI=1S/C26H23ClN2S/c27-22-10-11-23-21(17-22)9-8-19-7-4-14-28-25(19)24(23)18-12-15-29(16-13-18)26(30)20-5-2-1-3-6-20/h1-7,10-11,14,17H,8-9,12-13,15-16H2. The molecule has 5 rings (SSSR count). The molecule has 4 heteroatoms. The Bertz CT molecular complexity index is 1130. The first-order valence-corrected chi connectivity index (χ1v) is 11.3. The van der Waals surface area contributed by atoms with Crippen molar-refractivity contribution in [2.45, 2.75) is 25.7 Å². The molecule has 0 bridgehead atoms. The zero-order chi connectivity index (χ0) is 20.5. The van der Waals surface area contributed by atoms with E-state index in [0.29, 0.717) is 0 Å². The molecule has 2 aromatic carbocycles. The summed E-state index contributed by atoms with van der Waals surface area (Å²) in [7, 11) is 0. The lowest BCUT2D eigenvalue weighted by molar-refractivity contribution is 0.395. The van der Waals surface area contributed by atoms with Gasteiger partial charge in [0.25, 0.3) is 0 Å². The Hall–Kier alpha value is -2.49. The van der Waals surface area contributed by atoms with E-state index in [4.69, 9.17) is 28.8 Å². The Morgan fingerprint density at radius 1 is 0.867 bits per heavy atom. The summed E-state index contributed by atoms with van der Waals surface area (Å²) < 4.78 is 0. The van der Waals surface area contributed by atoms with Crippen molar-refractivity contribution in [2.75, 3.05) is 13.1 Å². The van der Waals surface area contributed by atoms with Crippen molar-refractivity contribution in [3.63, 3.8) is 0 Å². The van der Waals surface area contributed by atoms with Crippen LogP contribution >= 0.6 is 23.8 Å². The minimum absolute atomic E-state index is 0.806. The molecule has 30 heavy (non-hydrogen) atoms. The van der Waals surface area contributed by atoms with Crippen molar-refractivity contribution >= 4 is 34.4 Å². The molecular formula is C26H23ClN2S. The monoisotopic (exact) mass is 430 g/mol. The minimum Gasteiger partial charge on any atom is -0.362 e. The topological polar surface area (TPSA) is 16.1 Å². The van der Waals surface area contributed by atoms with E-state index in [1.165, 1.54) is 27.8 Å². The number of hydrogen-bond donors (Lipinski definition) is 0. The lowest BCUT2D eigenvalue weighted by Crippen LogP contribution is -2.36. The minimum atomic E-state index is 0.806. The molecule has 2 aliphatic rings. The van der Waals surface area contributed by atoms with Crippen LogP contribution in [-0.2, 0) is 12.8 Å². The van der Waals surface area contributed by atoms with Crippen molar-refractivity contribution in [2.24, 2.45) is 0 Å². The van der Waals surface area contributed by atoms with E-state index >= 15 is 0 Å². The van der Waals surface area contributed by atoms with Gasteiger partial charge in [0.05, 0.1) is 5.69 Å². The third-order valence-electron chi connectivity index (χ3n) is 6.16. The average Bonchev–Trinajstić information content (AvgIpc) is 2.96. The molecule has 0 unspecified atom stereocenters. The molecule has 0 amide bonds. The number of piperidine rings is 1. The Balaban J connectivity index is 1.51. The van der Waals surface area contributed by atoms with Crippen LogP contribution in [0.25, 0.3) is 5.57 Å². The normalized spacial score (nSPS) is 16.0. The van der Waals surface area contributed by atoms with Gasteiger partial charge in [0.2, 0.25) is 0 Å². The Kier molecular flexibility index (Phi) is 5.41. The van der Waals surface area contributed by atoms with Crippen molar-refractivity contribution < 1.29 is 0 Å². The Morgan fingerprint density at radius 2 is 1.63 bits per heavy atom. The van der Waals surface area contributed by atoms with E-state index in [1.807, 2.05) is 24.4 Å². The van der Waals surface area contributed by atoms with Crippen LogP contribution in [0, 0.1) is 0 Å². The van der Waals surface area contributed by atoms with Gasteiger partial charge >= 0.3 is 0 Å². The molecular weight excluding hydrogens is 408 g/mol. The summed E-state index contributed by atoms with van der Waals surface area (Å²) in [5.74, 6) is 0. The van der Waals surface area contributed by atoms with Gasteiger partial charge in [-0.25, -0.2) is 0 Å². The second kappa shape index (κ2) is 8.33. The number of likely N-dealkylation sites (tertiary alicyclic amines) is 1. The lowest BCUT2D eigenvalue weighted by Gasteiger charge is -2.32. The zero-order valence-electron chi connectivity index (χ0n) is 16.8. The fourth-order valence-electron chi connectivity index (χ4n) is 4.63. The van der Waals surface area contributed by atoms with Gasteiger partial charge in [-0.3, -0.25) is 4.98 Å². The SMILES string of the molecule is S=C(c1ccccc1)N1CCC(=C2c3ccc(Cl)cc3CCc3cccnc32)CC1. The molecule has 0 spiro atoms. The smallest absolute Gasteiger partial charge is 0.109 e. The maximum Gasteiger partial charge on any atom is 0.109 e. The van der Waals surface area contributed by atoms with Gasteiger partial charge in [0.15, 0.2) is 0 Å². The van der Waals surface area contributed by atoms with Gasteiger partial charge in [-0.05, 0) is 60.6 Å². The fraction of sp³-hybridized carbons (Fsp3) is 0.231. The van der Waals surface area contributed by atoms with Gasteiger partial charge in [-0.2, -0.15) is 0 Å². The Labute approximate surface area is 188 Å². The predicted molar refractivity (Wildman–Crippen MR) is 128 cm³/mol. The van der Waals surface area contributed by atoms with Gasteiger partial charge in [0, 0.05) is 35.4 Å². The van der Waals surface area contributed by atoms with Crippen LogP contribution in [0.2, 0.25) is 5.02 Å². The Morgan fingerprint density at radius 3 is 2.43 bits per heavy atom. The fourth-order valence-corrected chi connectivity index (χ4v) is 5.14. The van der Waals surface area contributed by atoms with E-state index in [-0.39, 0.29) is 0 Å². The molecule has 1 aliphatic carbocycles. The maximum absolute atomic E-state index is 6.33. The van der Waals surface area contributed by atoms with E-state index in [1.54, 1.807) is 0 Å². The summed E-state index contributed by atoms with van der Waals surface area (Å²) in [6.07, 6.45) is 5.91. The van der Waals surface area contributed by atoms with Crippen LogP contribution < -0.4 is 0 Å². The third kappa shape index (κ3) is 3.68. The summed E-state index contributed by atoms with van der Waals surface area (Å²) in [6, 6.07) is 20.9. The quantitative estimate of drug-likeness (QED) is 0.433. The van der Waals surface area contributed by atoms with Crippen molar-refractivity contribution in [1.29, 1.82) is 0 Å². The van der Waals surface area contributed by atoms with E-state index in [0.717, 1.165) is 60.0 Å². The number of thiocarbonyl (C=S) groups is 1. The molecule has 1 fully saturated rings. The number of rotatable bonds is 1. The molecule has 1 saturated heterocycles. The lowest BCUT2D eigenvalue weighted by atomic mass is 9.88. The summed E-state index contributed by atoms with van der Waals surface area (Å²) >= 11 is 12.1. The number of nitrogens with zero attached hydrogens (tertiary/aromatic N) is 2. The number of fused-ring (bicyclic) bond motifs is 2. The van der Waals surface area contributed by atoms with Crippen LogP contribution in [0.15, 0.2) is 72.4 Å². The highest BCUT2D eigenvalue weighted by atomic mass is 35.5. The van der Waals surface area contributed by atoms with Gasteiger partial charge in [-0.1, -0.05) is 71.9 Å². The maximum atomic E-state index is 6.33. The van der Waals surface area contributed by atoms with Crippen LogP contribution in [-0.4, -0.2) is 28.0 Å². The number of pyridine rings is 1. The van der Waals surface area contributed by atoms with E-state index < -0.39 is 0 Å². The molecule has 1 aliphatic heterocycles. The second-order valence-electron chi connectivity index (χ2n) is 7.95. The summed E-state index contributed by atoms with van der Waals surface area (Å²) in [4.78, 5) is 8.12. The summed E-state index contributed by atoms with van der Waals surface area (Å²) in [6.45, 7) is 1.88. The first-order chi connectivity index (χ1) is 14.7. The molecule has 2 heterocycles. The molecule has 0 radical (unpaired) electrons.